The van der Waals surface area contributed by atoms with Crippen LogP contribution in [0.3, 0.4) is 0 Å². The predicted octanol–water partition coefficient (Wildman–Crippen LogP) is 2.81. The van der Waals surface area contributed by atoms with Crippen LogP contribution in [0.2, 0.25) is 0 Å². The Hall–Kier alpha value is -1.51. The van der Waals surface area contributed by atoms with Crippen molar-refractivity contribution in [2.45, 2.75) is 27.2 Å². The zero-order valence-electron chi connectivity index (χ0n) is 11.1. The predicted molar refractivity (Wildman–Crippen MR) is 72.5 cm³/mol. The van der Waals surface area contributed by atoms with Crippen molar-refractivity contribution in [3.05, 3.63) is 29.3 Å². The second-order valence-corrected chi connectivity index (χ2v) is 4.74. The van der Waals surface area contributed by atoms with Crippen LogP contribution in [0.15, 0.2) is 18.2 Å². The summed E-state index contributed by atoms with van der Waals surface area (Å²) in [6.07, 6.45) is 1.01. The van der Waals surface area contributed by atoms with E-state index in [0.29, 0.717) is 5.92 Å². The van der Waals surface area contributed by atoms with Gasteiger partial charge in [-0.3, -0.25) is 4.79 Å². The van der Waals surface area contributed by atoms with Crippen LogP contribution in [-0.4, -0.2) is 19.5 Å². The minimum atomic E-state index is -0.00120. The Bertz CT molecular complexity index is 386. The lowest BCUT2D eigenvalue weighted by Gasteiger charge is -2.11. The lowest BCUT2D eigenvalue weighted by molar-refractivity contribution is 0.0952. The molecule has 0 aliphatic rings. The highest BCUT2D eigenvalue weighted by Gasteiger charge is 2.10. The topological polar surface area (TPSA) is 41.1 Å². The van der Waals surface area contributed by atoms with Gasteiger partial charge in [-0.15, -0.1) is 0 Å². The fourth-order valence-corrected chi connectivity index (χ4v) is 1.63. The van der Waals surface area contributed by atoms with Gasteiger partial charge in [-0.05, 0) is 31.4 Å². The third-order valence-corrected chi connectivity index (χ3v) is 2.70. The molecular formula is C14H22N2O. The molecule has 0 saturated heterocycles. The summed E-state index contributed by atoms with van der Waals surface area (Å²) in [5, 5.41) is 6.00. The van der Waals surface area contributed by atoms with E-state index in [-0.39, 0.29) is 5.91 Å². The van der Waals surface area contributed by atoms with E-state index < -0.39 is 0 Å². The maximum Gasteiger partial charge on any atom is 0.253 e. The van der Waals surface area contributed by atoms with Crippen LogP contribution in [0.1, 0.15) is 36.2 Å². The van der Waals surface area contributed by atoms with Gasteiger partial charge in [0.1, 0.15) is 0 Å². The molecule has 0 saturated carbocycles. The quantitative estimate of drug-likeness (QED) is 0.822. The highest BCUT2D eigenvalue weighted by molar-refractivity contribution is 5.99. The second kappa shape index (κ2) is 6.28. The van der Waals surface area contributed by atoms with Crippen LogP contribution < -0.4 is 10.6 Å². The minimum Gasteiger partial charge on any atom is -0.387 e. The summed E-state index contributed by atoms with van der Waals surface area (Å²) >= 11 is 0. The lowest BCUT2D eigenvalue weighted by Crippen LogP contribution is -2.26. The maximum absolute atomic E-state index is 12.0. The fraction of sp³-hybridized carbons (Fsp3) is 0.500. The summed E-state index contributed by atoms with van der Waals surface area (Å²) in [6.45, 7) is 7.02. The van der Waals surface area contributed by atoms with Crippen LogP contribution in [-0.2, 0) is 0 Å². The Morgan fingerprint density at radius 3 is 2.65 bits per heavy atom. The van der Waals surface area contributed by atoms with Crippen molar-refractivity contribution in [2.75, 3.05) is 18.9 Å². The summed E-state index contributed by atoms with van der Waals surface area (Å²) in [5.41, 5.74) is 2.69. The SMILES string of the molecule is CNc1ccc(C)cc1C(=O)NCCC(C)C. The number of carbonyl (C=O) groups excluding carboxylic acids is 1. The molecular weight excluding hydrogens is 212 g/mol. The number of nitrogens with one attached hydrogen (secondary N) is 2. The number of rotatable bonds is 5. The van der Waals surface area contributed by atoms with Gasteiger partial charge in [-0.2, -0.15) is 0 Å². The molecule has 1 amide bonds. The van der Waals surface area contributed by atoms with Crippen LogP contribution in [0.5, 0.6) is 0 Å². The molecule has 3 heteroatoms. The van der Waals surface area contributed by atoms with E-state index in [4.69, 9.17) is 0 Å². The van der Waals surface area contributed by atoms with Crippen molar-refractivity contribution in [1.82, 2.24) is 5.32 Å². The maximum atomic E-state index is 12.0. The van der Waals surface area contributed by atoms with E-state index in [9.17, 15) is 4.79 Å². The standard InChI is InChI=1S/C14H22N2O/c1-10(2)7-8-16-14(17)12-9-11(3)5-6-13(12)15-4/h5-6,9-10,15H,7-8H2,1-4H3,(H,16,17). The van der Waals surface area contributed by atoms with Gasteiger partial charge < -0.3 is 10.6 Å². The Balaban J connectivity index is 2.70. The summed E-state index contributed by atoms with van der Waals surface area (Å²) in [7, 11) is 1.83. The molecule has 1 aromatic rings. The monoisotopic (exact) mass is 234 g/mol. The number of carbonyl (C=O) groups is 1. The average Bonchev–Trinajstić information content (AvgIpc) is 2.28. The van der Waals surface area contributed by atoms with E-state index in [1.165, 1.54) is 0 Å². The van der Waals surface area contributed by atoms with Crippen molar-refractivity contribution in [2.24, 2.45) is 5.92 Å². The van der Waals surface area contributed by atoms with E-state index >= 15 is 0 Å². The number of hydrogen-bond donors (Lipinski definition) is 2. The molecule has 0 atom stereocenters. The largest absolute Gasteiger partial charge is 0.387 e. The van der Waals surface area contributed by atoms with E-state index in [1.54, 1.807) is 0 Å². The smallest absolute Gasteiger partial charge is 0.253 e. The molecule has 0 aromatic heterocycles. The van der Waals surface area contributed by atoms with Crippen molar-refractivity contribution >= 4 is 11.6 Å². The van der Waals surface area contributed by atoms with Gasteiger partial charge in [0.2, 0.25) is 0 Å². The van der Waals surface area contributed by atoms with Crippen molar-refractivity contribution in [3.8, 4) is 0 Å². The van der Waals surface area contributed by atoms with Crippen molar-refractivity contribution < 1.29 is 4.79 Å². The number of amides is 1. The third kappa shape index (κ3) is 4.10. The zero-order chi connectivity index (χ0) is 12.8. The molecule has 0 spiro atoms. The van der Waals surface area contributed by atoms with Gasteiger partial charge >= 0.3 is 0 Å². The molecule has 1 aromatic carbocycles. The minimum absolute atomic E-state index is 0.00120. The van der Waals surface area contributed by atoms with Gasteiger partial charge in [0, 0.05) is 19.3 Å². The first-order chi connectivity index (χ1) is 8.04. The zero-order valence-corrected chi connectivity index (χ0v) is 11.1. The average molecular weight is 234 g/mol. The number of benzene rings is 1. The fourth-order valence-electron chi connectivity index (χ4n) is 1.63. The summed E-state index contributed by atoms with van der Waals surface area (Å²) in [4.78, 5) is 12.0. The number of hydrogen-bond acceptors (Lipinski definition) is 2. The van der Waals surface area contributed by atoms with Crippen molar-refractivity contribution in [3.63, 3.8) is 0 Å². The summed E-state index contributed by atoms with van der Waals surface area (Å²) in [5.74, 6) is 0.607. The van der Waals surface area contributed by atoms with Crippen molar-refractivity contribution in [1.29, 1.82) is 0 Å². The van der Waals surface area contributed by atoms with Gasteiger partial charge in [0.15, 0.2) is 0 Å². The van der Waals surface area contributed by atoms with Crippen LogP contribution in [0.25, 0.3) is 0 Å². The first kappa shape index (κ1) is 13.6. The van der Waals surface area contributed by atoms with E-state index in [2.05, 4.69) is 24.5 Å². The molecule has 0 aliphatic heterocycles. The molecule has 0 radical (unpaired) electrons. The Morgan fingerprint density at radius 2 is 2.06 bits per heavy atom. The van der Waals surface area contributed by atoms with Gasteiger partial charge in [0.05, 0.1) is 5.56 Å². The highest BCUT2D eigenvalue weighted by Crippen LogP contribution is 2.16. The molecule has 0 aliphatic carbocycles. The lowest BCUT2D eigenvalue weighted by atomic mass is 10.1. The molecule has 0 bridgehead atoms. The first-order valence-corrected chi connectivity index (χ1v) is 6.11. The molecule has 2 N–H and O–H groups in total. The molecule has 3 nitrogen and oxygen atoms in total. The number of anilines is 1. The van der Waals surface area contributed by atoms with E-state index in [0.717, 1.165) is 29.8 Å². The summed E-state index contributed by atoms with van der Waals surface area (Å²) < 4.78 is 0. The van der Waals surface area contributed by atoms with Crippen LogP contribution in [0.4, 0.5) is 5.69 Å². The van der Waals surface area contributed by atoms with Crippen LogP contribution >= 0.6 is 0 Å². The normalized spacial score (nSPS) is 10.4. The second-order valence-electron chi connectivity index (χ2n) is 4.74. The molecule has 1 rings (SSSR count). The molecule has 17 heavy (non-hydrogen) atoms. The highest BCUT2D eigenvalue weighted by atomic mass is 16.1. The molecule has 0 fully saturated rings. The first-order valence-electron chi connectivity index (χ1n) is 6.11. The molecule has 0 heterocycles. The van der Waals surface area contributed by atoms with Gasteiger partial charge in [-0.1, -0.05) is 25.5 Å². The van der Waals surface area contributed by atoms with E-state index in [1.807, 2.05) is 32.2 Å². The van der Waals surface area contributed by atoms with Gasteiger partial charge in [-0.25, -0.2) is 0 Å². The summed E-state index contributed by atoms with van der Waals surface area (Å²) in [6, 6.07) is 5.85. The Kier molecular flexibility index (Phi) is 5.01. The third-order valence-electron chi connectivity index (χ3n) is 2.70. The number of aryl methyl sites for hydroxylation is 1. The molecule has 94 valence electrons. The Labute approximate surface area is 104 Å². The van der Waals surface area contributed by atoms with Gasteiger partial charge in [0.25, 0.3) is 5.91 Å². The van der Waals surface area contributed by atoms with Crippen LogP contribution in [0, 0.1) is 12.8 Å². The Morgan fingerprint density at radius 1 is 1.35 bits per heavy atom. The molecule has 0 unspecified atom stereocenters.